The second kappa shape index (κ2) is 5.56. The molecule has 23 heavy (non-hydrogen) atoms. The van der Waals surface area contributed by atoms with E-state index in [1.54, 1.807) is 0 Å². The molecule has 2 aromatic rings. The molecule has 0 aliphatic carbocycles. The van der Waals surface area contributed by atoms with E-state index in [-0.39, 0.29) is 17.2 Å². The van der Waals surface area contributed by atoms with Crippen LogP contribution in [0.25, 0.3) is 11.1 Å². The van der Waals surface area contributed by atoms with E-state index in [1.165, 1.54) is 0 Å². The fraction of sp³-hybridized carbons (Fsp3) is 0.143. The Balaban J connectivity index is 2.67. The Morgan fingerprint density at radius 1 is 0.826 bits per heavy atom. The molecule has 0 amide bonds. The van der Waals surface area contributed by atoms with Gasteiger partial charge in [0.05, 0.1) is 16.7 Å². The third kappa shape index (κ3) is 3.79. The molecule has 9 heteroatoms. The SMILES string of the molecule is O=C(O)c1cncc(-c2cc(C(F)(F)F)cc(C(F)(F)F)c2)c1. The van der Waals surface area contributed by atoms with E-state index in [0.29, 0.717) is 12.1 Å². The summed E-state index contributed by atoms with van der Waals surface area (Å²) < 4.78 is 76.7. The Labute approximate surface area is 125 Å². The summed E-state index contributed by atoms with van der Waals surface area (Å²) in [6.45, 7) is 0. The predicted octanol–water partition coefficient (Wildman–Crippen LogP) is 4.48. The highest BCUT2D eigenvalue weighted by Gasteiger charge is 2.37. The molecule has 1 heterocycles. The molecular weight excluding hydrogens is 328 g/mol. The molecule has 0 fully saturated rings. The lowest BCUT2D eigenvalue weighted by Crippen LogP contribution is -2.11. The Bertz CT molecular complexity index is 719. The van der Waals surface area contributed by atoms with E-state index in [0.717, 1.165) is 18.5 Å². The smallest absolute Gasteiger partial charge is 0.416 e. The summed E-state index contributed by atoms with van der Waals surface area (Å²) >= 11 is 0. The fourth-order valence-electron chi connectivity index (χ4n) is 1.84. The Kier molecular flexibility index (Phi) is 4.06. The third-order valence-electron chi connectivity index (χ3n) is 2.91. The lowest BCUT2D eigenvalue weighted by molar-refractivity contribution is -0.143. The van der Waals surface area contributed by atoms with Crippen molar-refractivity contribution >= 4 is 5.97 Å². The summed E-state index contributed by atoms with van der Waals surface area (Å²) in [5.41, 5.74) is -3.91. The van der Waals surface area contributed by atoms with Crippen LogP contribution in [0.3, 0.4) is 0 Å². The number of alkyl halides is 6. The van der Waals surface area contributed by atoms with Gasteiger partial charge in [0.1, 0.15) is 0 Å². The zero-order valence-corrected chi connectivity index (χ0v) is 11.0. The minimum atomic E-state index is -4.98. The molecule has 0 saturated heterocycles. The maximum Gasteiger partial charge on any atom is 0.416 e. The number of nitrogens with zero attached hydrogens (tertiary/aromatic N) is 1. The number of hydrogen-bond acceptors (Lipinski definition) is 2. The topological polar surface area (TPSA) is 50.2 Å². The number of hydrogen-bond donors (Lipinski definition) is 1. The van der Waals surface area contributed by atoms with E-state index in [1.807, 2.05) is 0 Å². The van der Waals surface area contributed by atoms with Gasteiger partial charge < -0.3 is 5.11 Å². The van der Waals surface area contributed by atoms with Crippen molar-refractivity contribution < 1.29 is 36.2 Å². The van der Waals surface area contributed by atoms with Crippen LogP contribution < -0.4 is 0 Å². The first-order valence-corrected chi connectivity index (χ1v) is 5.96. The van der Waals surface area contributed by atoms with Gasteiger partial charge >= 0.3 is 18.3 Å². The molecule has 0 unspecified atom stereocenters. The number of aromatic carboxylic acids is 1. The van der Waals surface area contributed by atoms with Crippen molar-refractivity contribution in [3.63, 3.8) is 0 Å². The largest absolute Gasteiger partial charge is 0.478 e. The number of carboxylic acids is 1. The van der Waals surface area contributed by atoms with E-state index in [2.05, 4.69) is 4.98 Å². The molecule has 0 radical (unpaired) electrons. The molecule has 1 N–H and O–H groups in total. The molecule has 0 aliphatic rings. The summed E-state index contributed by atoms with van der Waals surface area (Å²) in [5, 5.41) is 8.82. The third-order valence-corrected chi connectivity index (χ3v) is 2.91. The maximum absolute atomic E-state index is 12.8. The average molecular weight is 335 g/mol. The lowest BCUT2D eigenvalue weighted by atomic mass is 9.99. The van der Waals surface area contributed by atoms with Gasteiger partial charge in [-0.2, -0.15) is 26.3 Å². The first kappa shape index (κ1) is 16.8. The second-order valence-electron chi connectivity index (χ2n) is 4.56. The summed E-state index contributed by atoms with van der Waals surface area (Å²) in [6, 6.07) is 1.97. The van der Waals surface area contributed by atoms with E-state index < -0.39 is 35.0 Å². The summed E-state index contributed by atoms with van der Waals surface area (Å²) in [5.74, 6) is -1.40. The number of carbonyl (C=O) groups is 1. The molecule has 0 aliphatic heterocycles. The van der Waals surface area contributed by atoms with Crippen LogP contribution in [0.2, 0.25) is 0 Å². The van der Waals surface area contributed by atoms with Crippen LogP contribution in [0.1, 0.15) is 21.5 Å². The van der Waals surface area contributed by atoms with Crippen molar-refractivity contribution in [2.24, 2.45) is 0 Å². The number of pyridine rings is 1. The summed E-state index contributed by atoms with van der Waals surface area (Å²) in [4.78, 5) is 14.4. The van der Waals surface area contributed by atoms with E-state index in [9.17, 15) is 31.1 Å². The minimum Gasteiger partial charge on any atom is -0.478 e. The first-order valence-electron chi connectivity index (χ1n) is 5.96. The monoisotopic (exact) mass is 335 g/mol. The van der Waals surface area contributed by atoms with Crippen molar-refractivity contribution in [2.75, 3.05) is 0 Å². The molecular formula is C14H7F6NO2. The standard InChI is InChI=1S/C14H7F6NO2/c15-13(16,17)10-2-7(3-11(4-10)14(18,19)20)8-1-9(12(22)23)6-21-5-8/h1-6H,(H,22,23). The van der Waals surface area contributed by atoms with E-state index >= 15 is 0 Å². The number of aromatic nitrogens is 1. The first-order chi connectivity index (χ1) is 10.5. The van der Waals surface area contributed by atoms with Gasteiger partial charge in [0.15, 0.2) is 0 Å². The van der Waals surface area contributed by atoms with Gasteiger partial charge in [-0.3, -0.25) is 4.98 Å². The number of carboxylic acid groups (broad SMARTS) is 1. The van der Waals surface area contributed by atoms with Gasteiger partial charge in [0, 0.05) is 18.0 Å². The molecule has 122 valence electrons. The van der Waals surface area contributed by atoms with Gasteiger partial charge in [-0.15, -0.1) is 0 Å². The number of rotatable bonds is 2. The minimum absolute atomic E-state index is 0.00201. The molecule has 2 rings (SSSR count). The Morgan fingerprint density at radius 2 is 1.35 bits per heavy atom. The predicted molar refractivity (Wildman–Crippen MR) is 66.6 cm³/mol. The summed E-state index contributed by atoms with van der Waals surface area (Å²) in [7, 11) is 0. The van der Waals surface area contributed by atoms with Crippen molar-refractivity contribution in [1.29, 1.82) is 0 Å². The zero-order chi connectivity index (χ0) is 17.4. The lowest BCUT2D eigenvalue weighted by Gasteiger charge is -2.14. The normalized spacial score (nSPS) is 12.3. The van der Waals surface area contributed by atoms with Crippen LogP contribution in [0.4, 0.5) is 26.3 Å². The second-order valence-corrected chi connectivity index (χ2v) is 4.56. The highest BCUT2D eigenvalue weighted by Crippen LogP contribution is 2.38. The van der Waals surface area contributed by atoms with Crippen LogP contribution in [0, 0.1) is 0 Å². The van der Waals surface area contributed by atoms with Gasteiger partial charge in [-0.05, 0) is 29.8 Å². The quantitative estimate of drug-likeness (QED) is 0.823. The molecule has 0 atom stereocenters. The van der Waals surface area contributed by atoms with E-state index in [4.69, 9.17) is 5.11 Å². The maximum atomic E-state index is 12.8. The van der Waals surface area contributed by atoms with Gasteiger partial charge in [-0.25, -0.2) is 4.79 Å². The molecule has 0 spiro atoms. The molecule has 0 bridgehead atoms. The van der Waals surface area contributed by atoms with Crippen molar-refractivity contribution in [3.05, 3.63) is 53.3 Å². The average Bonchev–Trinajstić information content (AvgIpc) is 2.45. The van der Waals surface area contributed by atoms with Crippen LogP contribution in [0.15, 0.2) is 36.7 Å². The van der Waals surface area contributed by atoms with Gasteiger partial charge in [0.2, 0.25) is 0 Å². The molecule has 0 saturated carbocycles. The molecule has 1 aromatic heterocycles. The number of benzene rings is 1. The van der Waals surface area contributed by atoms with Crippen molar-refractivity contribution in [2.45, 2.75) is 12.4 Å². The number of halogens is 6. The van der Waals surface area contributed by atoms with Crippen LogP contribution in [0.5, 0.6) is 0 Å². The van der Waals surface area contributed by atoms with Crippen molar-refractivity contribution in [3.8, 4) is 11.1 Å². The van der Waals surface area contributed by atoms with Crippen LogP contribution in [-0.2, 0) is 12.4 Å². The highest BCUT2D eigenvalue weighted by molar-refractivity contribution is 5.88. The fourth-order valence-corrected chi connectivity index (χ4v) is 1.84. The molecule has 3 nitrogen and oxygen atoms in total. The van der Waals surface area contributed by atoms with Crippen LogP contribution >= 0.6 is 0 Å². The Morgan fingerprint density at radius 3 is 1.78 bits per heavy atom. The Hall–Kier alpha value is -2.58. The van der Waals surface area contributed by atoms with Crippen molar-refractivity contribution in [1.82, 2.24) is 4.98 Å². The van der Waals surface area contributed by atoms with Gasteiger partial charge in [0.25, 0.3) is 0 Å². The molecule has 1 aromatic carbocycles. The summed E-state index contributed by atoms with van der Waals surface area (Å²) in [6.07, 6.45) is -8.03. The highest BCUT2D eigenvalue weighted by atomic mass is 19.4. The van der Waals surface area contributed by atoms with Crippen LogP contribution in [-0.4, -0.2) is 16.1 Å². The zero-order valence-electron chi connectivity index (χ0n) is 11.0. The van der Waals surface area contributed by atoms with Gasteiger partial charge in [-0.1, -0.05) is 0 Å².